The minimum atomic E-state index is -0.00987. The Hall–Kier alpha value is -2.83. The Bertz CT molecular complexity index is 1020. The molecule has 5 nitrogen and oxygen atoms in total. The molecule has 2 heterocycles. The Morgan fingerprint density at radius 3 is 2.53 bits per heavy atom. The molecule has 1 aliphatic rings. The molecule has 1 aliphatic heterocycles. The van der Waals surface area contributed by atoms with Gasteiger partial charge in [0.2, 0.25) is 5.91 Å². The number of amides is 1. The summed E-state index contributed by atoms with van der Waals surface area (Å²) in [6, 6.07) is 16.2. The predicted octanol–water partition coefficient (Wildman–Crippen LogP) is 4.66. The summed E-state index contributed by atoms with van der Waals surface area (Å²) in [6.07, 6.45) is 0.857. The van der Waals surface area contributed by atoms with Crippen LogP contribution in [0.4, 0.5) is 5.69 Å². The molecular formula is C24H26N2O3S. The van der Waals surface area contributed by atoms with Crippen molar-refractivity contribution in [2.75, 3.05) is 32.6 Å². The lowest BCUT2D eigenvalue weighted by atomic mass is 9.91. The minimum absolute atomic E-state index is 0.00987. The SMILES string of the molecule is COc1cc2c(cc1OC)C(c1cccs1)N(CC(=O)Nc1ccc(C)cc1)CC2. The largest absolute Gasteiger partial charge is 0.493 e. The highest BCUT2D eigenvalue weighted by atomic mass is 32.1. The Labute approximate surface area is 181 Å². The van der Waals surface area contributed by atoms with Crippen molar-refractivity contribution in [2.24, 2.45) is 0 Å². The number of aryl methyl sites for hydroxylation is 1. The molecule has 6 heteroatoms. The van der Waals surface area contributed by atoms with Gasteiger partial charge in [0.15, 0.2) is 11.5 Å². The Morgan fingerprint density at radius 1 is 1.13 bits per heavy atom. The lowest BCUT2D eigenvalue weighted by molar-refractivity contribution is -0.117. The van der Waals surface area contributed by atoms with Crippen LogP contribution < -0.4 is 14.8 Å². The number of nitrogens with zero attached hydrogens (tertiary/aromatic N) is 1. The van der Waals surface area contributed by atoms with E-state index in [9.17, 15) is 4.79 Å². The van der Waals surface area contributed by atoms with Gasteiger partial charge in [-0.25, -0.2) is 0 Å². The quantitative estimate of drug-likeness (QED) is 0.628. The number of carbonyl (C=O) groups excluding carboxylic acids is 1. The van der Waals surface area contributed by atoms with E-state index >= 15 is 0 Å². The smallest absolute Gasteiger partial charge is 0.238 e. The number of ether oxygens (including phenoxy) is 2. The van der Waals surface area contributed by atoms with E-state index in [4.69, 9.17) is 9.47 Å². The second kappa shape index (κ2) is 8.90. The molecule has 0 bridgehead atoms. The fourth-order valence-corrected chi connectivity index (χ4v) is 4.85. The van der Waals surface area contributed by atoms with Crippen LogP contribution in [-0.2, 0) is 11.2 Å². The first-order valence-electron chi connectivity index (χ1n) is 9.98. The van der Waals surface area contributed by atoms with Crippen LogP contribution in [0.5, 0.6) is 11.5 Å². The number of thiophene rings is 1. The van der Waals surface area contributed by atoms with Crippen LogP contribution in [-0.4, -0.2) is 38.1 Å². The van der Waals surface area contributed by atoms with Crippen LogP contribution in [0.25, 0.3) is 0 Å². The molecule has 0 radical (unpaired) electrons. The first-order valence-corrected chi connectivity index (χ1v) is 10.9. The molecule has 1 unspecified atom stereocenters. The van der Waals surface area contributed by atoms with Gasteiger partial charge in [0.1, 0.15) is 0 Å². The summed E-state index contributed by atoms with van der Waals surface area (Å²) in [6.45, 7) is 3.16. The van der Waals surface area contributed by atoms with Crippen LogP contribution >= 0.6 is 11.3 Å². The molecule has 30 heavy (non-hydrogen) atoms. The average molecular weight is 423 g/mol. The van der Waals surface area contributed by atoms with Crippen molar-refractivity contribution in [1.82, 2.24) is 4.90 Å². The number of rotatable bonds is 6. The molecular weight excluding hydrogens is 396 g/mol. The van der Waals surface area contributed by atoms with Gasteiger partial charge in [-0.15, -0.1) is 11.3 Å². The van der Waals surface area contributed by atoms with Crippen molar-refractivity contribution in [3.8, 4) is 11.5 Å². The van der Waals surface area contributed by atoms with E-state index in [2.05, 4.69) is 39.9 Å². The van der Waals surface area contributed by atoms with Crippen molar-refractivity contribution < 1.29 is 14.3 Å². The summed E-state index contributed by atoms with van der Waals surface area (Å²) in [5.74, 6) is 1.44. The van der Waals surface area contributed by atoms with Crippen molar-refractivity contribution in [3.63, 3.8) is 0 Å². The van der Waals surface area contributed by atoms with Crippen LogP contribution in [0.1, 0.15) is 27.6 Å². The van der Waals surface area contributed by atoms with Gasteiger partial charge >= 0.3 is 0 Å². The number of anilines is 1. The summed E-state index contributed by atoms with van der Waals surface area (Å²) in [5, 5.41) is 5.10. The third-order valence-electron chi connectivity index (χ3n) is 5.47. The number of hydrogen-bond acceptors (Lipinski definition) is 5. The van der Waals surface area contributed by atoms with Gasteiger partial charge in [-0.05, 0) is 60.2 Å². The molecule has 1 N–H and O–H groups in total. The maximum absolute atomic E-state index is 12.8. The van der Waals surface area contributed by atoms with Gasteiger partial charge in [0.05, 0.1) is 26.8 Å². The van der Waals surface area contributed by atoms with Crippen LogP contribution in [0, 0.1) is 6.92 Å². The first kappa shape index (κ1) is 20.4. The normalized spacial score (nSPS) is 16.0. The second-order valence-corrected chi connectivity index (χ2v) is 8.44. The second-order valence-electron chi connectivity index (χ2n) is 7.46. The van der Waals surface area contributed by atoms with Crippen LogP contribution in [0.2, 0.25) is 0 Å². The van der Waals surface area contributed by atoms with Gasteiger partial charge < -0.3 is 14.8 Å². The van der Waals surface area contributed by atoms with E-state index in [0.29, 0.717) is 12.3 Å². The van der Waals surface area contributed by atoms with Crippen molar-refractivity contribution in [2.45, 2.75) is 19.4 Å². The monoisotopic (exact) mass is 422 g/mol. The van der Waals surface area contributed by atoms with E-state index in [1.165, 1.54) is 21.6 Å². The number of hydrogen-bond donors (Lipinski definition) is 1. The highest BCUT2D eigenvalue weighted by molar-refractivity contribution is 7.10. The molecule has 3 aromatic rings. The number of fused-ring (bicyclic) bond motifs is 1. The molecule has 0 saturated heterocycles. The fraction of sp³-hybridized carbons (Fsp3) is 0.292. The third kappa shape index (κ3) is 4.20. The van der Waals surface area contributed by atoms with E-state index in [0.717, 1.165) is 24.4 Å². The molecule has 156 valence electrons. The standard InChI is InChI=1S/C24H26N2O3S/c1-16-6-8-18(9-7-16)25-23(27)15-26-11-10-17-13-20(28-2)21(29-3)14-19(17)24(26)22-5-4-12-30-22/h4-9,12-14,24H,10-11,15H2,1-3H3,(H,25,27). The van der Waals surface area contributed by atoms with Crippen molar-refractivity contribution in [3.05, 3.63) is 75.5 Å². The summed E-state index contributed by atoms with van der Waals surface area (Å²) >= 11 is 1.71. The van der Waals surface area contributed by atoms with E-state index < -0.39 is 0 Å². The minimum Gasteiger partial charge on any atom is -0.493 e. The zero-order valence-electron chi connectivity index (χ0n) is 17.5. The summed E-state index contributed by atoms with van der Waals surface area (Å²) < 4.78 is 11.0. The molecule has 0 aliphatic carbocycles. The first-order chi connectivity index (χ1) is 14.6. The molecule has 1 atom stereocenters. The Balaban J connectivity index is 1.62. The van der Waals surface area contributed by atoms with Crippen molar-refractivity contribution >= 4 is 22.9 Å². The number of carbonyl (C=O) groups is 1. The molecule has 4 rings (SSSR count). The molecule has 1 aromatic heterocycles. The molecule has 0 spiro atoms. The van der Waals surface area contributed by atoms with Gasteiger partial charge in [-0.3, -0.25) is 9.69 Å². The molecule has 2 aromatic carbocycles. The maximum atomic E-state index is 12.8. The highest BCUT2D eigenvalue weighted by Gasteiger charge is 2.32. The lowest BCUT2D eigenvalue weighted by Gasteiger charge is -2.37. The predicted molar refractivity (Wildman–Crippen MR) is 121 cm³/mol. The number of nitrogens with one attached hydrogen (secondary N) is 1. The zero-order valence-corrected chi connectivity index (χ0v) is 18.3. The average Bonchev–Trinajstić information content (AvgIpc) is 3.28. The van der Waals surface area contributed by atoms with E-state index in [1.807, 2.05) is 31.2 Å². The lowest BCUT2D eigenvalue weighted by Crippen LogP contribution is -2.40. The van der Waals surface area contributed by atoms with E-state index in [-0.39, 0.29) is 11.9 Å². The van der Waals surface area contributed by atoms with Gasteiger partial charge in [0.25, 0.3) is 0 Å². The molecule has 0 saturated carbocycles. The van der Waals surface area contributed by atoms with Gasteiger partial charge in [-0.1, -0.05) is 23.8 Å². The topological polar surface area (TPSA) is 50.8 Å². The third-order valence-corrected chi connectivity index (χ3v) is 6.39. The van der Waals surface area contributed by atoms with Crippen LogP contribution in [0.15, 0.2) is 53.9 Å². The Morgan fingerprint density at radius 2 is 1.87 bits per heavy atom. The maximum Gasteiger partial charge on any atom is 0.238 e. The van der Waals surface area contributed by atoms with Gasteiger partial charge in [0, 0.05) is 17.1 Å². The number of methoxy groups -OCH3 is 2. The summed E-state index contributed by atoms with van der Waals surface area (Å²) in [7, 11) is 3.31. The number of benzene rings is 2. The zero-order chi connectivity index (χ0) is 21.1. The molecule has 0 fully saturated rings. The van der Waals surface area contributed by atoms with E-state index in [1.54, 1.807) is 25.6 Å². The summed E-state index contributed by atoms with van der Waals surface area (Å²) in [4.78, 5) is 16.3. The highest BCUT2D eigenvalue weighted by Crippen LogP contribution is 2.42. The van der Waals surface area contributed by atoms with Crippen molar-refractivity contribution in [1.29, 1.82) is 0 Å². The van der Waals surface area contributed by atoms with Gasteiger partial charge in [-0.2, -0.15) is 0 Å². The Kier molecular flexibility index (Phi) is 6.06. The summed E-state index contributed by atoms with van der Waals surface area (Å²) in [5.41, 5.74) is 4.40. The van der Waals surface area contributed by atoms with Crippen LogP contribution in [0.3, 0.4) is 0 Å². The molecule has 1 amide bonds. The fourth-order valence-electron chi connectivity index (χ4n) is 3.97.